The highest BCUT2D eigenvalue weighted by Crippen LogP contribution is 2.19. The normalized spacial score (nSPS) is 21.8. The number of hydrogen-bond acceptors (Lipinski definition) is 4. The van der Waals surface area contributed by atoms with Crippen LogP contribution in [0.3, 0.4) is 0 Å². The second kappa shape index (κ2) is 7.89. The molecule has 2 N–H and O–H groups in total. The average molecular weight is 374 g/mol. The molecule has 1 aliphatic heterocycles. The summed E-state index contributed by atoms with van der Waals surface area (Å²) >= 11 is 3.36. The van der Waals surface area contributed by atoms with Gasteiger partial charge in [0.1, 0.15) is 5.82 Å². The lowest BCUT2D eigenvalue weighted by atomic mass is 10.1. The van der Waals surface area contributed by atoms with E-state index in [9.17, 15) is 9.00 Å². The molecule has 0 spiro atoms. The fourth-order valence-corrected chi connectivity index (χ4v) is 3.83. The molecule has 0 bridgehead atoms. The summed E-state index contributed by atoms with van der Waals surface area (Å²) in [5.41, 5.74) is 0.546. The molecule has 2 heterocycles. The lowest BCUT2D eigenvalue weighted by Gasteiger charge is -2.23. The Labute approximate surface area is 135 Å². The van der Waals surface area contributed by atoms with Crippen molar-refractivity contribution < 1.29 is 9.00 Å². The SMILES string of the molecule is CCCNc1ncc(Br)cc1C(=O)NC1CCS(=O)CC1. The van der Waals surface area contributed by atoms with Crippen molar-refractivity contribution >= 4 is 38.5 Å². The molecule has 1 amide bonds. The fourth-order valence-electron chi connectivity index (χ4n) is 2.20. The topological polar surface area (TPSA) is 71.1 Å². The van der Waals surface area contributed by atoms with Gasteiger partial charge >= 0.3 is 0 Å². The van der Waals surface area contributed by atoms with Crippen LogP contribution in [0.4, 0.5) is 5.82 Å². The van der Waals surface area contributed by atoms with Crippen molar-refractivity contribution in [1.82, 2.24) is 10.3 Å². The summed E-state index contributed by atoms with van der Waals surface area (Å²) in [6.07, 6.45) is 4.20. The van der Waals surface area contributed by atoms with Crippen molar-refractivity contribution in [3.8, 4) is 0 Å². The third-order valence-electron chi connectivity index (χ3n) is 3.36. The standard InChI is InChI=1S/C14H20BrN3O2S/c1-2-5-16-13-12(8-10(15)9-17-13)14(19)18-11-3-6-21(20)7-4-11/h8-9,11H,2-7H2,1H3,(H,16,17)(H,18,19). The molecular formula is C14H20BrN3O2S. The maximum Gasteiger partial charge on any atom is 0.255 e. The zero-order valence-corrected chi connectivity index (χ0v) is 14.4. The Morgan fingerprint density at radius 3 is 2.86 bits per heavy atom. The monoisotopic (exact) mass is 373 g/mol. The van der Waals surface area contributed by atoms with Crippen molar-refractivity contribution in [3.63, 3.8) is 0 Å². The van der Waals surface area contributed by atoms with Gasteiger partial charge in [-0.25, -0.2) is 4.98 Å². The van der Waals surface area contributed by atoms with Gasteiger partial charge in [0, 0.05) is 45.6 Å². The van der Waals surface area contributed by atoms with Crippen LogP contribution < -0.4 is 10.6 Å². The summed E-state index contributed by atoms with van der Waals surface area (Å²) in [6, 6.07) is 1.88. The van der Waals surface area contributed by atoms with Gasteiger partial charge in [0.25, 0.3) is 5.91 Å². The summed E-state index contributed by atoms with van der Waals surface area (Å²) in [5.74, 6) is 1.82. The van der Waals surface area contributed by atoms with E-state index < -0.39 is 10.8 Å². The van der Waals surface area contributed by atoms with Crippen LogP contribution in [0.25, 0.3) is 0 Å². The molecular weight excluding hydrogens is 354 g/mol. The lowest BCUT2D eigenvalue weighted by Crippen LogP contribution is -2.39. The van der Waals surface area contributed by atoms with Gasteiger partial charge in [-0.15, -0.1) is 0 Å². The first-order chi connectivity index (χ1) is 10.1. The van der Waals surface area contributed by atoms with Crippen LogP contribution in [-0.2, 0) is 10.8 Å². The Morgan fingerprint density at radius 1 is 1.48 bits per heavy atom. The van der Waals surface area contributed by atoms with Gasteiger partial charge in [0.2, 0.25) is 0 Å². The second-order valence-corrected chi connectivity index (χ2v) is 7.68. The third-order valence-corrected chi connectivity index (χ3v) is 5.18. The number of aromatic nitrogens is 1. The lowest BCUT2D eigenvalue weighted by molar-refractivity contribution is 0.0935. The zero-order valence-electron chi connectivity index (χ0n) is 12.0. The molecule has 1 aliphatic rings. The number of amides is 1. The predicted molar refractivity (Wildman–Crippen MR) is 89.1 cm³/mol. The van der Waals surface area contributed by atoms with Crippen LogP contribution in [0.1, 0.15) is 36.5 Å². The number of anilines is 1. The van der Waals surface area contributed by atoms with E-state index in [1.807, 2.05) is 0 Å². The Hall–Kier alpha value is -0.950. The molecule has 1 fully saturated rings. The fraction of sp³-hybridized carbons (Fsp3) is 0.571. The molecule has 0 aromatic carbocycles. The number of carbonyl (C=O) groups is 1. The van der Waals surface area contributed by atoms with Crippen LogP contribution >= 0.6 is 15.9 Å². The van der Waals surface area contributed by atoms with Crippen molar-refractivity contribution in [1.29, 1.82) is 0 Å². The molecule has 1 aromatic heterocycles. The van der Waals surface area contributed by atoms with E-state index in [1.165, 1.54) is 0 Å². The van der Waals surface area contributed by atoms with Gasteiger partial charge in [-0.05, 0) is 41.3 Å². The van der Waals surface area contributed by atoms with E-state index in [0.717, 1.165) is 30.3 Å². The van der Waals surface area contributed by atoms with E-state index in [0.29, 0.717) is 22.9 Å². The summed E-state index contributed by atoms with van der Waals surface area (Å²) in [6.45, 7) is 2.84. The summed E-state index contributed by atoms with van der Waals surface area (Å²) in [4.78, 5) is 16.7. The minimum Gasteiger partial charge on any atom is -0.369 e. The zero-order chi connectivity index (χ0) is 15.2. The molecule has 1 aromatic rings. The Balaban J connectivity index is 2.06. The van der Waals surface area contributed by atoms with Gasteiger partial charge in [0.15, 0.2) is 0 Å². The minimum atomic E-state index is -0.716. The predicted octanol–water partition coefficient (Wildman–Crippen LogP) is 2.31. The smallest absolute Gasteiger partial charge is 0.255 e. The molecule has 116 valence electrons. The van der Waals surface area contributed by atoms with Crippen molar-refractivity contribution in [3.05, 3.63) is 22.3 Å². The van der Waals surface area contributed by atoms with Gasteiger partial charge in [0.05, 0.1) is 5.56 Å². The number of halogens is 1. The number of rotatable bonds is 5. The van der Waals surface area contributed by atoms with E-state index in [1.54, 1.807) is 12.3 Å². The molecule has 0 aliphatic carbocycles. The van der Waals surface area contributed by atoms with E-state index >= 15 is 0 Å². The molecule has 5 nitrogen and oxygen atoms in total. The van der Waals surface area contributed by atoms with Crippen LogP contribution in [-0.4, -0.2) is 39.2 Å². The quantitative estimate of drug-likeness (QED) is 0.830. The Morgan fingerprint density at radius 2 is 2.19 bits per heavy atom. The molecule has 0 atom stereocenters. The largest absolute Gasteiger partial charge is 0.369 e. The highest BCUT2D eigenvalue weighted by molar-refractivity contribution is 9.10. The second-order valence-electron chi connectivity index (χ2n) is 5.07. The van der Waals surface area contributed by atoms with E-state index in [-0.39, 0.29) is 11.9 Å². The van der Waals surface area contributed by atoms with Crippen molar-refractivity contribution in [2.45, 2.75) is 32.2 Å². The van der Waals surface area contributed by atoms with E-state index in [4.69, 9.17) is 0 Å². The molecule has 21 heavy (non-hydrogen) atoms. The summed E-state index contributed by atoms with van der Waals surface area (Å²) in [7, 11) is -0.716. The Bertz CT molecular complexity index is 529. The van der Waals surface area contributed by atoms with Crippen molar-refractivity contribution in [2.24, 2.45) is 0 Å². The number of hydrogen-bond donors (Lipinski definition) is 2. The molecule has 1 saturated heterocycles. The average Bonchev–Trinajstić information content (AvgIpc) is 2.48. The minimum absolute atomic E-state index is 0.105. The van der Waals surface area contributed by atoms with Gasteiger partial charge in [-0.2, -0.15) is 0 Å². The highest BCUT2D eigenvalue weighted by Gasteiger charge is 2.21. The molecule has 0 unspecified atom stereocenters. The van der Waals surface area contributed by atoms with Gasteiger partial charge < -0.3 is 10.6 Å². The van der Waals surface area contributed by atoms with Crippen molar-refractivity contribution in [2.75, 3.05) is 23.4 Å². The van der Waals surface area contributed by atoms with E-state index in [2.05, 4.69) is 38.5 Å². The van der Waals surface area contributed by atoms with Crippen LogP contribution in [0, 0.1) is 0 Å². The molecule has 7 heteroatoms. The first-order valence-corrected chi connectivity index (χ1v) is 9.43. The Kier molecular flexibility index (Phi) is 6.17. The maximum atomic E-state index is 12.4. The highest BCUT2D eigenvalue weighted by atomic mass is 79.9. The summed E-state index contributed by atoms with van der Waals surface area (Å²) < 4.78 is 12.1. The molecule has 2 rings (SSSR count). The maximum absolute atomic E-state index is 12.4. The first kappa shape index (κ1) is 16.4. The third kappa shape index (κ3) is 4.78. The number of pyridine rings is 1. The van der Waals surface area contributed by atoms with Gasteiger partial charge in [-0.3, -0.25) is 9.00 Å². The summed E-state index contributed by atoms with van der Waals surface area (Å²) in [5, 5.41) is 6.20. The van der Waals surface area contributed by atoms with Crippen LogP contribution in [0.15, 0.2) is 16.7 Å². The first-order valence-electron chi connectivity index (χ1n) is 7.15. The van der Waals surface area contributed by atoms with Crippen LogP contribution in [0.2, 0.25) is 0 Å². The molecule has 0 radical (unpaired) electrons. The number of carbonyl (C=O) groups excluding carboxylic acids is 1. The molecule has 0 saturated carbocycles. The number of nitrogens with one attached hydrogen (secondary N) is 2. The van der Waals surface area contributed by atoms with Crippen LogP contribution in [0.5, 0.6) is 0 Å². The number of nitrogens with zero attached hydrogens (tertiary/aromatic N) is 1. The van der Waals surface area contributed by atoms with Gasteiger partial charge in [-0.1, -0.05) is 6.92 Å².